The summed E-state index contributed by atoms with van der Waals surface area (Å²) in [5.74, 6) is -0.489. The molecule has 1 aromatic carbocycles. The molecule has 1 aromatic heterocycles. The van der Waals surface area contributed by atoms with Gasteiger partial charge in [0.25, 0.3) is 0 Å². The molecule has 8 heteroatoms. The normalized spacial score (nSPS) is 11.1. The van der Waals surface area contributed by atoms with Crippen molar-refractivity contribution in [3.63, 3.8) is 0 Å². The lowest BCUT2D eigenvalue weighted by atomic mass is 10.3. The van der Waals surface area contributed by atoms with Gasteiger partial charge in [-0.1, -0.05) is 0 Å². The van der Waals surface area contributed by atoms with Gasteiger partial charge in [-0.2, -0.15) is 0 Å². The summed E-state index contributed by atoms with van der Waals surface area (Å²) in [5.41, 5.74) is 0.00174. The topological polar surface area (TPSA) is 106 Å². The summed E-state index contributed by atoms with van der Waals surface area (Å²) in [4.78, 5) is 14.7. The fraction of sp³-hybridized carbons (Fsp3) is 0.0769. The van der Waals surface area contributed by atoms with E-state index >= 15 is 0 Å². The number of nitrogens with zero attached hydrogens (tertiary/aromatic N) is 1. The second-order valence-electron chi connectivity index (χ2n) is 4.00. The molecular weight excluding hydrogens is 296 g/mol. The van der Waals surface area contributed by atoms with Crippen molar-refractivity contribution in [1.82, 2.24) is 9.71 Å². The van der Waals surface area contributed by atoms with Crippen LogP contribution in [0.2, 0.25) is 0 Å². The zero-order valence-corrected chi connectivity index (χ0v) is 11.8. The summed E-state index contributed by atoms with van der Waals surface area (Å²) in [6, 6.07) is 7.04. The van der Waals surface area contributed by atoms with Gasteiger partial charge in [0.1, 0.15) is 11.5 Å². The Hall–Kier alpha value is -2.45. The molecule has 2 N–H and O–H groups in total. The van der Waals surface area contributed by atoms with Gasteiger partial charge >= 0.3 is 5.97 Å². The highest BCUT2D eigenvalue weighted by atomic mass is 32.2. The van der Waals surface area contributed by atoms with Crippen LogP contribution in [0.5, 0.6) is 11.5 Å². The molecule has 2 aromatic rings. The van der Waals surface area contributed by atoms with Crippen molar-refractivity contribution < 1.29 is 23.1 Å². The first kappa shape index (κ1) is 14.9. The lowest BCUT2D eigenvalue weighted by Gasteiger charge is -2.07. The quantitative estimate of drug-likeness (QED) is 0.866. The average molecular weight is 308 g/mol. The van der Waals surface area contributed by atoms with E-state index in [1.165, 1.54) is 49.8 Å². The zero-order valence-electron chi connectivity index (χ0n) is 11.0. The maximum Gasteiger partial charge on any atom is 0.337 e. The first-order valence-corrected chi connectivity index (χ1v) is 7.30. The SMILES string of the molecule is CNS(=O)(=O)c1ccc(Oc2cncc(C(=O)O)c2)cc1. The van der Waals surface area contributed by atoms with Crippen molar-refractivity contribution in [3.05, 3.63) is 48.3 Å². The molecule has 0 spiro atoms. The van der Waals surface area contributed by atoms with Crippen molar-refractivity contribution in [2.24, 2.45) is 0 Å². The Bertz CT molecular complexity index is 756. The van der Waals surface area contributed by atoms with Crippen LogP contribution in [-0.2, 0) is 10.0 Å². The molecule has 110 valence electrons. The predicted molar refractivity (Wildman–Crippen MR) is 74.0 cm³/mol. The first-order chi connectivity index (χ1) is 9.92. The number of benzene rings is 1. The van der Waals surface area contributed by atoms with Crippen LogP contribution >= 0.6 is 0 Å². The highest BCUT2D eigenvalue weighted by Gasteiger charge is 2.11. The van der Waals surface area contributed by atoms with Crippen molar-refractivity contribution >= 4 is 16.0 Å². The fourth-order valence-corrected chi connectivity index (χ4v) is 2.26. The highest BCUT2D eigenvalue weighted by molar-refractivity contribution is 7.89. The molecule has 0 aliphatic heterocycles. The third kappa shape index (κ3) is 3.56. The molecule has 7 nitrogen and oxygen atoms in total. The van der Waals surface area contributed by atoms with Gasteiger partial charge in [-0.05, 0) is 37.4 Å². The van der Waals surface area contributed by atoms with E-state index in [9.17, 15) is 13.2 Å². The van der Waals surface area contributed by atoms with E-state index in [0.29, 0.717) is 5.75 Å². The number of sulfonamides is 1. The monoisotopic (exact) mass is 308 g/mol. The standard InChI is InChI=1S/C13H12N2O5S/c1-14-21(18,19)12-4-2-10(3-5-12)20-11-6-9(13(16)17)7-15-8-11/h2-8,14H,1H3,(H,16,17). The van der Waals surface area contributed by atoms with Crippen LogP contribution in [-0.4, -0.2) is 31.5 Å². The number of aromatic nitrogens is 1. The number of rotatable bonds is 5. The molecule has 0 radical (unpaired) electrons. The second-order valence-corrected chi connectivity index (χ2v) is 5.88. The smallest absolute Gasteiger partial charge is 0.337 e. The molecule has 21 heavy (non-hydrogen) atoms. The van der Waals surface area contributed by atoms with Crippen molar-refractivity contribution in [1.29, 1.82) is 0 Å². The molecule has 2 rings (SSSR count). The van der Waals surface area contributed by atoms with E-state index in [-0.39, 0.29) is 16.2 Å². The maximum atomic E-state index is 11.6. The number of carboxylic acids is 1. The molecular formula is C13H12N2O5S. The van der Waals surface area contributed by atoms with Gasteiger partial charge in [0, 0.05) is 6.20 Å². The van der Waals surface area contributed by atoms with Gasteiger partial charge in [0.2, 0.25) is 10.0 Å². The van der Waals surface area contributed by atoms with Crippen LogP contribution in [0.3, 0.4) is 0 Å². The molecule has 0 aliphatic carbocycles. The fourth-order valence-electron chi connectivity index (χ4n) is 1.53. The number of hydrogen-bond acceptors (Lipinski definition) is 5. The highest BCUT2D eigenvalue weighted by Crippen LogP contribution is 2.22. The van der Waals surface area contributed by atoms with E-state index in [1.807, 2.05) is 0 Å². The summed E-state index contributed by atoms with van der Waals surface area (Å²) in [7, 11) is -2.18. The van der Waals surface area contributed by atoms with Crippen LogP contribution in [0.4, 0.5) is 0 Å². The Balaban J connectivity index is 2.21. The lowest BCUT2D eigenvalue weighted by molar-refractivity contribution is 0.0696. The Labute approximate surface area is 121 Å². The van der Waals surface area contributed by atoms with Crippen molar-refractivity contribution in [3.8, 4) is 11.5 Å². The second kappa shape index (κ2) is 5.90. The molecule has 0 aliphatic rings. The van der Waals surface area contributed by atoms with Gasteiger partial charge in [0.05, 0.1) is 16.7 Å². The molecule has 0 bridgehead atoms. The van der Waals surface area contributed by atoms with Gasteiger partial charge in [-0.15, -0.1) is 0 Å². The Kier molecular flexibility index (Phi) is 4.20. The number of carbonyl (C=O) groups is 1. The van der Waals surface area contributed by atoms with Gasteiger partial charge in [-0.3, -0.25) is 4.98 Å². The van der Waals surface area contributed by atoms with Crippen LogP contribution < -0.4 is 9.46 Å². The van der Waals surface area contributed by atoms with E-state index in [2.05, 4.69) is 9.71 Å². The van der Waals surface area contributed by atoms with Crippen LogP contribution in [0.25, 0.3) is 0 Å². The summed E-state index contributed by atoms with van der Waals surface area (Å²) < 4.78 is 30.8. The average Bonchev–Trinajstić information content (AvgIpc) is 2.48. The minimum absolute atomic E-state index is 0.00174. The van der Waals surface area contributed by atoms with E-state index in [1.54, 1.807) is 0 Å². The lowest BCUT2D eigenvalue weighted by Crippen LogP contribution is -2.18. The van der Waals surface area contributed by atoms with Crippen molar-refractivity contribution in [2.45, 2.75) is 4.90 Å². The molecule has 0 amide bonds. The summed E-state index contributed by atoms with van der Waals surface area (Å²) >= 11 is 0. The number of hydrogen-bond donors (Lipinski definition) is 2. The molecule has 1 heterocycles. The predicted octanol–water partition coefficient (Wildman–Crippen LogP) is 1.48. The van der Waals surface area contributed by atoms with E-state index in [0.717, 1.165) is 0 Å². The summed E-state index contributed by atoms with van der Waals surface area (Å²) in [6.45, 7) is 0. The van der Waals surface area contributed by atoms with E-state index in [4.69, 9.17) is 9.84 Å². The molecule has 0 saturated heterocycles. The Morgan fingerprint density at radius 3 is 2.43 bits per heavy atom. The van der Waals surface area contributed by atoms with Crippen molar-refractivity contribution in [2.75, 3.05) is 7.05 Å². The molecule has 0 fully saturated rings. The number of aromatic carboxylic acids is 1. The van der Waals surface area contributed by atoms with Crippen LogP contribution in [0.1, 0.15) is 10.4 Å². The Morgan fingerprint density at radius 1 is 1.19 bits per heavy atom. The van der Waals surface area contributed by atoms with Gasteiger partial charge in [0.15, 0.2) is 0 Å². The summed E-state index contributed by atoms with van der Waals surface area (Å²) in [6.07, 6.45) is 2.57. The molecule has 0 atom stereocenters. The number of carboxylic acid groups (broad SMARTS) is 1. The third-order valence-corrected chi connectivity index (χ3v) is 4.03. The number of ether oxygens (including phenoxy) is 1. The van der Waals surface area contributed by atoms with Gasteiger partial charge < -0.3 is 9.84 Å². The third-order valence-electron chi connectivity index (χ3n) is 2.60. The molecule has 0 unspecified atom stereocenters. The zero-order chi connectivity index (χ0) is 15.5. The minimum atomic E-state index is -3.50. The summed E-state index contributed by atoms with van der Waals surface area (Å²) in [5, 5.41) is 8.86. The Morgan fingerprint density at radius 2 is 1.86 bits per heavy atom. The first-order valence-electron chi connectivity index (χ1n) is 5.82. The van der Waals surface area contributed by atoms with Gasteiger partial charge in [-0.25, -0.2) is 17.9 Å². The number of pyridine rings is 1. The largest absolute Gasteiger partial charge is 0.478 e. The maximum absolute atomic E-state index is 11.6. The van der Waals surface area contributed by atoms with Crippen LogP contribution in [0, 0.1) is 0 Å². The minimum Gasteiger partial charge on any atom is -0.478 e. The number of nitrogens with one attached hydrogen (secondary N) is 1. The van der Waals surface area contributed by atoms with Crippen LogP contribution in [0.15, 0.2) is 47.6 Å². The van der Waals surface area contributed by atoms with E-state index < -0.39 is 16.0 Å². The molecule has 0 saturated carbocycles.